The quantitative estimate of drug-likeness (QED) is 0.524. The van der Waals surface area contributed by atoms with E-state index in [9.17, 15) is 5.11 Å². The van der Waals surface area contributed by atoms with Crippen LogP contribution in [0.4, 0.5) is 0 Å². The molecule has 6 nitrogen and oxygen atoms in total. The minimum atomic E-state index is 0.0714. The van der Waals surface area contributed by atoms with Crippen molar-refractivity contribution in [3.63, 3.8) is 0 Å². The van der Waals surface area contributed by atoms with E-state index in [1.54, 1.807) is 0 Å². The monoisotopic (exact) mass is 400 g/mol. The zero-order valence-electron chi connectivity index (χ0n) is 17.4. The summed E-state index contributed by atoms with van der Waals surface area (Å²) >= 11 is 0. The summed E-state index contributed by atoms with van der Waals surface area (Å²) < 4.78 is 7.84. The van der Waals surface area contributed by atoms with Crippen LogP contribution in [-0.4, -0.2) is 33.1 Å². The molecule has 4 aromatic rings. The number of fused-ring (bicyclic) bond motifs is 3. The fourth-order valence-corrected chi connectivity index (χ4v) is 3.60. The van der Waals surface area contributed by atoms with Crippen LogP contribution in [0.3, 0.4) is 0 Å². The molecular weight excluding hydrogens is 376 g/mol. The molecule has 0 amide bonds. The molecule has 0 saturated carbocycles. The largest absolute Gasteiger partial charge is 0.493 e. The second-order valence-corrected chi connectivity index (χ2v) is 7.61. The van der Waals surface area contributed by atoms with E-state index >= 15 is 0 Å². The smallest absolute Gasteiger partial charge is 0.124 e. The fraction of sp³-hybridized carbons (Fsp3) is 0.292. The lowest BCUT2D eigenvalue weighted by atomic mass is 10.0. The summed E-state index contributed by atoms with van der Waals surface area (Å²) in [5.41, 5.74) is 5.34. The lowest BCUT2D eigenvalue weighted by Crippen LogP contribution is -2.13. The van der Waals surface area contributed by atoms with Gasteiger partial charge in [0, 0.05) is 42.0 Å². The van der Waals surface area contributed by atoms with Gasteiger partial charge in [-0.25, -0.2) is 0 Å². The van der Waals surface area contributed by atoms with Crippen LogP contribution in [-0.2, 0) is 13.5 Å². The molecule has 1 unspecified atom stereocenters. The van der Waals surface area contributed by atoms with E-state index in [2.05, 4.69) is 24.0 Å². The van der Waals surface area contributed by atoms with Crippen LogP contribution in [0.1, 0.15) is 25.0 Å². The number of benzene rings is 2. The molecule has 1 N–H and O–H groups in total. The summed E-state index contributed by atoms with van der Waals surface area (Å²) in [6.45, 7) is 4.61. The number of nitriles is 1. The normalized spacial score (nSPS) is 12.2. The summed E-state index contributed by atoms with van der Waals surface area (Å²) in [6.07, 6.45) is 2.66. The molecule has 152 valence electrons. The van der Waals surface area contributed by atoms with Crippen LogP contribution in [0.2, 0.25) is 0 Å². The van der Waals surface area contributed by atoms with Gasteiger partial charge >= 0.3 is 0 Å². The molecule has 0 aliphatic heterocycles. The Hall–Kier alpha value is -3.43. The third kappa shape index (κ3) is 3.49. The lowest BCUT2D eigenvalue weighted by molar-refractivity contribution is 0.174. The molecule has 2 aromatic carbocycles. The summed E-state index contributed by atoms with van der Waals surface area (Å²) in [5, 5.41) is 25.2. The first kappa shape index (κ1) is 19.9. The average molecular weight is 400 g/mol. The summed E-state index contributed by atoms with van der Waals surface area (Å²) in [6, 6.07) is 13.8. The maximum Gasteiger partial charge on any atom is 0.124 e. The Kier molecular flexibility index (Phi) is 5.39. The van der Waals surface area contributed by atoms with Crippen LogP contribution >= 0.6 is 0 Å². The van der Waals surface area contributed by atoms with Crippen molar-refractivity contribution in [1.29, 1.82) is 5.26 Å². The van der Waals surface area contributed by atoms with Crippen LogP contribution in [0.5, 0.6) is 5.75 Å². The minimum Gasteiger partial charge on any atom is -0.493 e. The van der Waals surface area contributed by atoms with Crippen molar-refractivity contribution in [3.8, 4) is 23.1 Å². The van der Waals surface area contributed by atoms with Crippen LogP contribution in [0.25, 0.3) is 33.1 Å². The maximum absolute atomic E-state index is 9.28. The number of aryl methyl sites for hydroxylation is 2. The zero-order chi connectivity index (χ0) is 21.3. The molecule has 0 fully saturated rings. The number of aromatic nitrogens is 3. The Morgan fingerprint density at radius 3 is 2.67 bits per heavy atom. The molecule has 1 atom stereocenters. The Morgan fingerprint density at radius 2 is 2.00 bits per heavy atom. The van der Waals surface area contributed by atoms with Gasteiger partial charge in [0.1, 0.15) is 11.4 Å². The lowest BCUT2D eigenvalue weighted by Gasteiger charge is -2.15. The summed E-state index contributed by atoms with van der Waals surface area (Å²) in [4.78, 5) is 4.65. The maximum atomic E-state index is 9.28. The second kappa shape index (κ2) is 8.13. The first-order valence-electron chi connectivity index (χ1n) is 10.1. The second-order valence-electron chi connectivity index (χ2n) is 7.61. The van der Waals surface area contributed by atoms with Crippen LogP contribution in [0.15, 0.2) is 42.6 Å². The average Bonchev–Trinajstić information content (AvgIpc) is 3.13. The van der Waals surface area contributed by atoms with Gasteiger partial charge < -0.3 is 9.84 Å². The Morgan fingerprint density at radius 1 is 1.23 bits per heavy atom. The molecule has 30 heavy (non-hydrogen) atoms. The number of aliphatic hydroxyl groups is 1. The van der Waals surface area contributed by atoms with Gasteiger partial charge in [0.2, 0.25) is 0 Å². The molecule has 4 rings (SSSR count). The Balaban J connectivity index is 1.90. The topological polar surface area (TPSA) is 84.0 Å². The molecule has 2 aromatic heterocycles. The fourth-order valence-electron chi connectivity index (χ4n) is 3.60. The molecule has 0 spiro atoms. The third-order valence-electron chi connectivity index (χ3n) is 5.37. The number of hydrogen-bond acceptors (Lipinski definition) is 5. The highest BCUT2D eigenvalue weighted by Gasteiger charge is 2.17. The van der Waals surface area contributed by atoms with E-state index in [0.29, 0.717) is 12.2 Å². The number of hydrogen-bond donors (Lipinski definition) is 1. The van der Waals surface area contributed by atoms with Crippen molar-refractivity contribution in [3.05, 3.63) is 53.7 Å². The third-order valence-corrected chi connectivity index (χ3v) is 5.37. The summed E-state index contributed by atoms with van der Waals surface area (Å²) in [7, 11) is 1.91. The van der Waals surface area contributed by atoms with Gasteiger partial charge in [-0.2, -0.15) is 10.4 Å². The predicted octanol–water partition coefficient (Wildman–Crippen LogP) is 4.23. The molecule has 0 aliphatic carbocycles. The number of ether oxygens (including phenoxy) is 1. The zero-order valence-corrected chi connectivity index (χ0v) is 17.4. The van der Waals surface area contributed by atoms with Gasteiger partial charge in [0.15, 0.2) is 0 Å². The molecule has 0 radical (unpaired) electrons. The minimum absolute atomic E-state index is 0.0714. The van der Waals surface area contributed by atoms with E-state index in [-0.39, 0.29) is 12.5 Å². The molecule has 6 heteroatoms. The van der Waals surface area contributed by atoms with Crippen molar-refractivity contribution < 1.29 is 9.84 Å². The Labute approximate surface area is 175 Å². The van der Waals surface area contributed by atoms with Crippen molar-refractivity contribution in [2.75, 3.05) is 13.2 Å². The van der Waals surface area contributed by atoms with Gasteiger partial charge in [0.25, 0.3) is 0 Å². The van der Waals surface area contributed by atoms with Crippen molar-refractivity contribution in [1.82, 2.24) is 14.8 Å². The molecular formula is C24H24N4O2. The predicted molar refractivity (Wildman–Crippen MR) is 117 cm³/mol. The van der Waals surface area contributed by atoms with Crippen LogP contribution < -0.4 is 4.74 Å². The van der Waals surface area contributed by atoms with Gasteiger partial charge in [-0.3, -0.25) is 9.67 Å². The van der Waals surface area contributed by atoms with Crippen molar-refractivity contribution in [2.24, 2.45) is 13.0 Å². The van der Waals surface area contributed by atoms with Crippen LogP contribution in [0, 0.1) is 17.2 Å². The Bertz CT molecular complexity index is 1250. The first-order valence-corrected chi connectivity index (χ1v) is 10.1. The van der Waals surface area contributed by atoms with Gasteiger partial charge in [-0.1, -0.05) is 26.0 Å². The molecule has 0 bridgehead atoms. The van der Waals surface area contributed by atoms with E-state index in [1.165, 1.54) is 0 Å². The van der Waals surface area contributed by atoms with Gasteiger partial charge in [0.05, 0.1) is 35.5 Å². The first-order chi connectivity index (χ1) is 14.5. The van der Waals surface area contributed by atoms with E-state index in [0.717, 1.165) is 50.8 Å². The standard InChI is InChI=1S/C24H24N4O2/c1-4-17-9-19-20(10-22(17)30-14-15(2)13-29)26-12-21-23(19)24(27-28(21)3)18-7-5-16(11-25)6-8-18/h5-10,12,15,29H,4,13-14H2,1-3H3. The van der Waals surface area contributed by atoms with Crippen molar-refractivity contribution >= 4 is 21.8 Å². The summed E-state index contributed by atoms with van der Waals surface area (Å²) in [5.74, 6) is 0.878. The van der Waals surface area contributed by atoms with E-state index in [1.807, 2.05) is 55.2 Å². The number of pyridine rings is 1. The van der Waals surface area contributed by atoms with E-state index in [4.69, 9.17) is 15.1 Å². The van der Waals surface area contributed by atoms with Gasteiger partial charge in [-0.15, -0.1) is 0 Å². The van der Waals surface area contributed by atoms with Gasteiger partial charge in [-0.05, 0) is 30.2 Å². The number of aliphatic hydroxyl groups excluding tert-OH is 1. The number of rotatable bonds is 6. The molecule has 2 heterocycles. The highest BCUT2D eigenvalue weighted by molar-refractivity contribution is 6.11. The highest BCUT2D eigenvalue weighted by atomic mass is 16.5. The SMILES string of the molecule is CCc1cc2c(cc1OCC(C)CO)ncc1c2c(-c2ccc(C#N)cc2)nn1C. The number of nitrogens with zero attached hydrogens (tertiary/aromatic N) is 4. The molecule has 0 aliphatic rings. The highest BCUT2D eigenvalue weighted by Crippen LogP contribution is 2.36. The van der Waals surface area contributed by atoms with Crippen molar-refractivity contribution in [2.45, 2.75) is 20.3 Å². The van der Waals surface area contributed by atoms with E-state index < -0.39 is 0 Å². The molecule has 0 saturated heterocycles.